The molecule has 0 atom stereocenters. The lowest BCUT2D eigenvalue weighted by molar-refractivity contribution is 0.0951. The van der Waals surface area contributed by atoms with Crippen LogP contribution in [-0.4, -0.2) is 26.2 Å². The number of hydrogen-bond donors (Lipinski definition) is 2. The summed E-state index contributed by atoms with van der Waals surface area (Å²) in [6, 6.07) is 18.3. The van der Waals surface area contributed by atoms with Crippen LogP contribution in [0.2, 0.25) is 0 Å². The van der Waals surface area contributed by atoms with Crippen LogP contribution in [0, 0.1) is 0 Å². The molecule has 1 fully saturated rings. The highest BCUT2D eigenvalue weighted by atomic mass is 32.2. The summed E-state index contributed by atoms with van der Waals surface area (Å²) in [5.41, 5.74) is 3.29. The van der Waals surface area contributed by atoms with Crippen LogP contribution in [0.3, 0.4) is 0 Å². The summed E-state index contributed by atoms with van der Waals surface area (Å²) < 4.78 is 29.9. The first-order chi connectivity index (χ1) is 16.4. The van der Waals surface area contributed by atoms with Gasteiger partial charge >= 0.3 is 0 Å². The predicted octanol–water partition coefficient (Wildman–Crippen LogP) is 5.55. The summed E-state index contributed by atoms with van der Waals surface area (Å²) in [6.07, 6.45) is 3.84. The second-order valence-corrected chi connectivity index (χ2v) is 11.9. The van der Waals surface area contributed by atoms with Crippen molar-refractivity contribution < 1.29 is 17.9 Å². The number of anilines is 2. The molecule has 2 aliphatic rings. The van der Waals surface area contributed by atoms with Gasteiger partial charge in [0, 0.05) is 21.9 Å². The summed E-state index contributed by atoms with van der Waals surface area (Å²) >= 11 is 1.66. The van der Waals surface area contributed by atoms with Crippen molar-refractivity contribution in [1.29, 1.82) is 0 Å². The van der Waals surface area contributed by atoms with E-state index in [1.165, 1.54) is 6.42 Å². The van der Waals surface area contributed by atoms with Crippen molar-refractivity contribution >= 4 is 38.9 Å². The molecule has 0 bridgehead atoms. The van der Waals surface area contributed by atoms with Crippen LogP contribution < -0.4 is 15.4 Å². The van der Waals surface area contributed by atoms with E-state index < -0.39 is 9.84 Å². The summed E-state index contributed by atoms with van der Waals surface area (Å²) in [7, 11) is -3.23. The number of fused-ring (bicyclic) bond motifs is 2. The lowest BCUT2D eigenvalue weighted by Gasteiger charge is -2.27. The molecule has 1 amide bonds. The molecule has 8 heteroatoms. The molecule has 1 aliphatic carbocycles. The summed E-state index contributed by atoms with van der Waals surface area (Å²) in [4.78, 5) is 15.2. The number of sulfone groups is 1. The Morgan fingerprint density at radius 3 is 2.53 bits per heavy atom. The Labute approximate surface area is 204 Å². The fraction of sp³-hybridized carbons (Fsp3) is 0.269. The van der Waals surface area contributed by atoms with Crippen LogP contribution in [0.1, 0.15) is 42.1 Å². The van der Waals surface area contributed by atoms with Crippen molar-refractivity contribution in [2.24, 2.45) is 0 Å². The van der Waals surface area contributed by atoms with Gasteiger partial charge in [-0.3, -0.25) is 4.79 Å². The largest absolute Gasteiger partial charge is 0.490 e. The van der Waals surface area contributed by atoms with Gasteiger partial charge in [-0.1, -0.05) is 30.8 Å². The first-order valence-corrected chi connectivity index (χ1v) is 13.9. The minimum Gasteiger partial charge on any atom is -0.490 e. The molecule has 0 saturated heterocycles. The Hall–Kier alpha value is -2.97. The molecule has 2 N–H and O–H groups in total. The van der Waals surface area contributed by atoms with E-state index in [9.17, 15) is 13.2 Å². The molecule has 0 unspecified atom stereocenters. The summed E-state index contributed by atoms with van der Waals surface area (Å²) in [6.45, 7) is 1.94. The predicted molar refractivity (Wildman–Crippen MR) is 134 cm³/mol. The van der Waals surface area contributed by atoms with Crippen LogP contribution in [-0.2, 0) is 16.4 Å². The molecule has 0 radical (unpaired) electrons. The van der Waals surface area contributed by atoms with Gasteiger partial charge in [0.2, 0.25) is 0 Å². The van der Waals surface area contributed by atoms with Crippen molar-refractivity contribution in [3.05, 3.63) is 71.8 Å². The van der Waals surface area contributed by atoms with Crippen LogP contribution in [0.5, 0.6) is 5.75 Å². The Morgan fingerprint density at radius 1 is 1.03 bits per heavy atom. The number of hydrogen-bond acceptors (Lipinski definition) is 6. The smallest absolute Gasteiger partial charge is 0.251 e. The van der Waals surface area contributed by atoms with Gasteiger partial charge < -0.3 is 15.4 Å². The highest BCUT2D eigenvalue weighted by Gasteiger charge is 2.22. The van der Waals surface area contributed by atoms with Gasteiger partial charge in [-0.2, -0.15) is 0 Å². The number of nitrogens with one attached hydrogen (secondary N) is 2. The van der Waals surface area contributed by atoms with Crippen LogP contribution in [0.4, 0.5) is 11.4 Å². The van der Waals surface area contributed by atoms with Gasteiger partial charge in [0.15, 0.2) is 9.84 Å². The minimum absolute atomic E-state index is 0.0631. The number of carbonyl (C=O) groups excluding carboxylic acids is 1. The van der Waals surface area contributed by atoms with Crippen molar-refractivity contribution in [1.82, 2.24) is 5.32 Å². The normalized spacial score (nSPS) is 14.9. The molecule has 1 heterocycles. The van der Waals surface area contributed by atoms with Gasteiger partial charge in [-0.05, 0) is 73.4 Å². The second kappa shape index (κ2) is 9.35. The molecule has 5 rings (SSSR count). The van der Waals surface area contributed by atoms with E-state index in [2.05, 4.69) is 16.7 Å². The third-order valence-corrected chi connectivity index (χ3v) is 9.04. The van der Waals surface area contributed by atoms with Crippen molar-refractivity contribution in [2.75, 3.05) is 11.1 Å². The maximum atomic E-state index is 12.7. The van der Waals surface area contributed by atoms with Crippen LogP contribution >= 0.6 is 11.8 Å². The number of amides is 1. The second-order valence-electron chi connectivity index (χ2n) is 8.50. The molecule has 1 saturated carbocycles. The number of rotatable bonds is 7. The third kappa shape index (κ3) is 4.79. The maximum Gasteiger partial charge on any atom is 0.251 e. The van der Waals surface area contributed by atoms with E-state index in [1.54, 1.807) is 43.0 Å². The first kappa shape index (κ1) is 22.8. The van der Waals surface area contributed by atoms with E-state index in [-0.39, 0.29) is 11.7 Å². The Morgan fingerprint density at radius 2 is 1.82 bits per heavy atom. The SMILES string of the molecule is CCS(=O)(=O)c1ccc(CNC(=O)c2ccc3c(c2)Nc2ccc(OC4CCC4)cc2S3)cc1. The molecule has 0 spiro atoms. The van der Waals surface area contributed by atoms with Gasteiger partial charge in [0.25, 0.3) is 5.91 Å². The van der Waals surface area contributed by atoms with E-state index in [1.807, 2.05) is 30.3 Å². The molecule has 6 nitrogen and oxygen atoms in total. The van der Waals surface area contributed by atoms with E-state index in [0.29, 0.717) is 23.1 Å². The average Bonchev–Trinajstić information content (AvgIpc) is 2.83. The minimum atomic E-state index is -3.23. The number of carbonyl (C=O) groups is 1. The van der Waals surface area contributed by atoms with Crippen LogP contribution in [0.25, 0.3) is 0 Å². The molecule has 3 aromatic carbocycles. The first-order valence-electron chi connectivity index (χ1n) is 11.4. The van der Waals surface area contributed by atoms with E-state index in [0.717, 1.165) is 45.3 Å². The van der Waals surface area contributed by atoms with Crippen molar-refractivity contribution in [2.45, 2.75) is 53.5 Å². The fourth-order valence-corrected chi connectivity index (χ4v) is 5.71. The zero-order chi connectivity index (χ0) is 23.7. The molecule has 0 aromatic heterocycles. The third-order valence-electron chi connectivity index (χ3n) is 6.15. The van der Waals surface area contributed by atoms with Gasteiger partial charge in [0.05, 0.1) is 28.1 Å². The van der Waals surface area contributed by atoms with E-state index >= 15 is 0 Å². The highest BCUT2D eigenvalue weighted by Crippen LogP contribution is 2.46. The quantitative estimate of drug-likeness (QED) is 0.350. The van der Waals surface area contributed by atoms with Crippen LogP contribution in [0.15, 0.2) is 75.4 Å². The molecule has 1 aliphatic heterocycles. The lowest BCUT2D eigenvalue weighted by atomic mass is 9.96. The topological polar surface area (TPSA) is 84.5 Å². The van der Waals surface area contributed by atoms with E-state index in [4.69, 9.17) is 4.74 Å². The zero-order valence-corrected chi connectivity index (χ0v) is 20.5. The lowest BCUT2D eigenvalue weighted by Crippen LogP contribution is -2.24. The molecular formula is C26H26N2O4S2. The molecule has 34 heavy (non-hydrogen) atoms. The summed E-state index contributed by atoms with van der Waals surface area (Å²) in [5, 5.41) is 6.34. The standard InChI is InChI=1S/C26H26N2O4S2/c1-2-34(30,31)21-10-6-17(7-11-21)16-27-26(29)18-8-13-24-23(14-18)28-22-12-9-20(15-25(22)33-24)32-19-4-3-5-19/h6-15,19,28H,2-5,16H2,1H3,(H,27,29). The summed E-state index contributed by atoms with van der Waals surface area (Å²) in [5.74, 6) is 0.778. The molecular weight excluding hydrogens is 468 g/mol. The maximum absolute atomic E-state index is 12.7. The fourth-order valence-electron chi connectivity index (χ4n) is 3.83. The Kier molecular flexibility index (Phi) is 6.27. The zero-order valence-electron chi connectivity index (χ0n) is 18.8. The molecule has 3 aromatic rings. The Bertz CT molecular complexity index is 1330. The average molecular weight is 495 g/mol. The Balaban J connectivity index is 1.23. The van der Waals surface area contributed by atoms with Gasteiger partial charge in [0.1, 0.15) is 5.75 Å². The molecule has 176 valence electrons. The van der Waals surface area contributed by atoms with Gasteiger partial charge in [-0.25, -0.2) is 8.42 Å². The van der Waals surface area contributed by atoms with Crippen molar-refractivity contribution in [3.63, 3.8) is 0 Å². The number of ether oxygens (including phenoxy) is 1. The highest BCUT2D eigenvalue weighted by molar-refractivity contribution is 7.99. The monoisotopic (exact) mass is 494 g/mol. The van der Waals surface area contributed by atoms with Gasteiger partial charge in [-0.15, -0.1) is 0 Å². The number of benzene rings is 3. The van der Waals surface area contributed by atoms with Crippen molar-refractivity contribution in [3.8, 4) is 5.75 Å².